The number of nitrogens with two attached hydrogens (primary N) is 1. The molecule has 4 nitrogen and oxygen atoms in total. The molecule has 1 aromatic rings. The van der Waals surface area contributed by atoms with Crippen LogP contribution >= 0.6 is 0 Å². The van der Waals surface area contributed by atoms with Crippen LogP contribution in [0.5, 0.6) is 0 Å². The summed E-state index contributed by atoms with van der Waals surface area (Å²) in [6.45, 7) is 3.11. The third-order valence-electron chi connectivity index (χ3n) is 3.90. The molecule has 1 fully saturated rings. The van der Waals surface area contributed by atoms with Crippen molar-refractivity contribution in [1.82, 2.24) is 0 Å². The largest absolute Gasteiger partial charge is 0.478 e. The fourth-order valence-electron chi connectivity index (χ4n) is 2.89. The van der Waals surface area contributed by atoms with Crippen molar-refractivity contribution >= 4 is 17.3 Å². The molecule has 1 saturated carbocycles. The number of benzene rings is 1. The highest BCUT2D eigenvalue weighted by molar-refractivity contribution is 5.95. The lowest BCUT2D eigenvalue weighted by Crippen LogP contribution is -2.21. The molecular weight excluding hydrogens is 240 g/mol. The first kappa shape index (κ1) is 13.7. The van der Waals surface area contributed by atoms with Crippen LogP contribution < -0.4 is 11.1 Å². The number of hydrogen-bond acceptors (Lipinski definition) is 3. The van der Waals surface area contributed by atoms with Gasteiger partial charge in [0.15, 0.2) is 0 Å². The van der Waals surface area contributed by atoms with Crippen molar-refractivity contribution in [2.24, 2.45) is 11.8 Å². The minimum absolute atomic E-state index is 0.290. The van der Waals surface area contributed by atoms with Crippen LogP contribution in [0.15, 0.2) is 18.2 Å². The summed E-state index contributed by atoms with van der Waals surface area (Å²) < 4.78 is 0. The highest BCUT2D eigenvalue weighted by atomic mass is 16.4. The van der Waals surface area contributed by atoms with Crippen LogP contribution in [0.1, 0.15) is 43.0 Å². The highest BCUT2D eigenvalue weighted by Gasteiger charge is 2.19. The Bertz CT molecular complexity index is 459. The van der Waals surface area contributed by atoms with Gasteiger partial charge >= 0.3 is 5.97 Å². The van der Waals surface area contributed by atoms with Crippen LogP contribution in [0.25, 0.3) is 0 Å². The zero-order valence-corrected chi connectivity index (χ0v) is 11.4. The zero-order valence-electron chi connectivity index (χ0n) is 11.4. The Morgan fingerprint density at radius 2 is 2.26 bits per heavy atom. The van der Waals surface area contributed by atoms with Crippen molar-refractivity contribution in [2.45, 2.75) is 32.6 Å². The molecule has 4 N–H and O–H groups in total. The van der Waals surface area contributed by atoms with Gasteiger partial charge in [-0.1, -0.05) is 19.8 Å². The van der Waals surface area contributed by atoms with Crippen LogP contribution in [-0.2, 0) is 0 Å². The predicted molar refractivity (Wildman–Crippen MR) is 77.4 cm³/mol. The van der Waals surface area contributed by atoms with E-state index in [0.717, 1.165) is 12.5 Å². The summed E-state index contributed by atoms with van der Waals surface area (Å²) in [5.74, 6) is 0.492. The quantitative estimate of drug-likeness (QED) is 0.728. The Hall–Kier alpha value is -1.71. The van der Waals surface area contributed by atoms with Crippen LogP contribution in [-0.4, -0.2) is 17.6 Å². The van der Waals surface area contributed by atoms with Crippen LogP contribution in [0.2, 0.25) is 0 Å². The molecule has 0 heterocycles. The van der Waals surface area contributed by atoms with Crippen LogP contribution in [0, 0.1) is 11.8 Å². The SMILES string of the molecule is CC1CCCC(CNc2cc(N)ccc2C(=O)O)C1. The van der Waals surface area contributed by atoms with E-state index < -0.39 is 5.97 Å². The van der Waals surface area contributed by atoms with Gasteiger partial charge in [-0.05, 0) is 42.9 Å². The molecule has 0 saturated heterocycles. The molecule has 2 rings (SSSR count). The van der Waals surface area contributed by atoms with Gasteiger partial charge < -0.3 is 16.2 Å². The number of carbonyl (C=O) groups is 1. The number of carboxylic acids is 1. The number of nitrogens with one attached hydrogen (secondary N) is 1. The first-order valence-electron chi connectivity index (χ1n) is 6.93. The molecule has 1 aromatic carbocycles. The van der Waals surface area contributed by atoms with Crippen molar-refractivity contribution in [1.29, 1.82) is 0 Å². The molecule has 0 amide bonds. The van der Waals surface area contributed by atoms with Gasteiger partial charge in [-0.3, -0.25) is 0 Å². The summed E-state index contributed by atoms with van der Waals surface area (Å²) in [6.07, 6.45) is 5.03. The van der Waals surface area contributed by atoms with Crippen molar-refractivity contribution < 1.29 is 9.90 Å². The normalized spacial score (nSPS) is 23.0. The number of nitrogen functional groups attached to an aromatic ring is 1. The van der Waals surface area contributed by atoms with Crippen molar-refractivity contribution in [3.05, 3.63) is 23.8 Å². The predicted octanol–water partition coefficient (Wildman–Crippen LogP) is 3.21. The van der Waals surface area contributed by atoms with Gasteiger partial charge in [0.05, 0.1) is 11.3 Å². The monoisotopic (exact) mass is 262 g/mol. The van der Waals surface area contributed by atoms with Gasteiger partial charge in [0.25, 0.3) is 0 Å². The minimum atomic E-state index is -0.917. The second-order valence-corrected chi connectivity index (χ2v) is 5.63. The van der Waals surface area contributed by atoms with Crippen LogP contribution in [0.4, 0.5) is 11.4 Å². The second kappa shape index (κ2) is 5.95. The van der Waals surface area contributed by atoms with Crippen molar-refractivity contribution in [2.75, 3.05) is 17.6 Å². The Morgan fingerprint density at radius 3 is 2.95 bits per heavy atom. The number of aromatic carboxylic acids is 1. The number of hydrogen-bond donors (Lipinski definition) is 3. The number of rotatable bonds is 4. The summed E-state index contributed by atoms with van der Waals surface area (Å²) in [5.41, 5.74) is 7.23. The smallest absolute Gasteiger partial charge is 0.337 e. The summed E-state index contributed by atoms with van der Waals surface area (Å²) >= 11 is 0. The molecular formula is C15H22N2O2. The summed E-state index contributed by atoms with van der Waals surface area (Å²) in [5, 5.41) is 12.4. The molecule has 0 aromatic heterocycles. The summed E-state index contributed by atoms with van der Waals surface area (Å²) in [7, 11) is 0. The lowest BCUT2D eigenvalue weighted by atomic mass is 9.82. The molecule has 104 valence electrons. The first-order valence-corrected chi connectivity index (χ1v) is 6.93. The topological polar surface area (TPSA) is 75.3 Å². The Labute approximate surface area is 114 Å². The van der Waals surface area contributed by atoms with E-state index in [1.165, 1.54) is 25.7 Å². The zero-order chi connectivity index (χ0) is 13.8. The van der Waals surface area contributed by atoms with Crippen LogP contribution in [0.3, 0.4) is 0 Å². The maximum atomic E-state index is 11.2. The average molecular weight is 262 g/mol. The summed E-state index contributed by atoms with van der Waals surface area (Å²) in [4.78, 5) is 11.2. The molecule has 1 aliphatic carbocycles. The van der Waals surface area contributed by atoms with Crippen molar-refractivity contribution in [3.63, 3.8) is 0 Å². The Balaban J connectivity index is 2.02. The van der Waals surface area contributed by atoms with E-state index in [9.17, 15) is 4.79 Å². The maximum Gasteiger partial charge on any atom is 0.337 e. The molecule has 1 aliphatic rings. The highest BCUT2D eigenvalue weighted by Crippen LogP contribution is 2.29. The van der Waals surface area contributed by atoms with E-state index in [4.69, 9.17) is 10.8 Å². The molecule has 0 spiro atoms. The Kier molecular flexibility index (Phi) is 4.30. The fraction of sp³-hybridized carbons (Fsp3) is 0.533. The molecule has 0 bridgehead atoms. The fourth-order valence-corrected chi connectivity index (χ4v) is 2.89. The molecule has 2 unspecified atom stereocenters. The van der Waals surface area contributed by atoms with E-state index in [2.05, 4.69) is 12.2 Å². The molecule has 19 heavy (non-hydrogen) atoms. The average Bonchev–Trinajstić information content (AvgIpc) is 2.36. The maximum absolute atomic E-state index is 11.2. The van der Waals surface area contributed by atoms with Crippen molar-refractivity contribution in [3.8, 4) is 0 Å². The summed E-state index contributed by atoms with van der Waals surface area (Å²) in [6, 6.07) is 4.89. The Morgan fingerprint density at radius 1 is 1.47 bits per heavy atom. The lowest BCUT2D eigenvalue weighted by molar-refractivity contribution is 0.0698. The number of anilines is 2. The number of carboxylic acid groups (broad SMARTS) is 1. The van der Waals surface area contributed by atoms with Gasteiger partial charge in [0.1, 0.15) is 0 Å². The van der Waals surface area contributed by atoms with E-state index in [0.29, 0.717) is 17.3 Å². The molecule has 0 aliphatic heterocycles. The van der Waals surface area contributed by atoms with Gasteiger partial charge in [0, 0.05) is 12.2 Å². The van der Waals surface area contributed by atoms with Gasteiger partial charge in [-0.2, -0.15) is 0 Å². The second-order valence-electron chi connectivity index (χ2n) is 5.63. The van der Waals surface area contributed by atoms with Gasteiger partial charge in [-0.25, -0.2) is 4.79 Å². The molecule has 4 heteroatoms. The van der Waals surface area contributed by atoms with Gasteiger partial charge in [-0.15, -0.1) is 0 Å². The standard InChI is InChI=1S/C15H22N2O2/c1-10-3-2-4-11(7-10)9-17-14-8-12(16)5-6-13(14)15(18)19/h5-6,8,10-11,17H,2-4,7,9,16H2,1H3,(H,18,19). The molecule has 2 atom stereocenters. The van der Waals surface area contributed by atoms with E-state index in [-0.39, 0.29) is 5.56 Å². The van der Waals surface area contributed by atoms with E-state index >= 15 is 0 Å². The molecule has 0 radical (unpaired) electrons. The minimum Gasteiger partial charge on any atom is -0.478 e. The first-order chi connectivity index (χ1) is 9.06. The third-order valence-corrected chi connectivity index (χ3v) is 3.90. The van der Waals surface area contributed by atoms with E-state index in [1.54, 1.807) is 18.2 Å². The third kappa shape index (κ3) is 3.63. The van der Waals surface area contributed by atoms with Gasteiger partial charge in [0.2, 0.25) is 0 Å². The lowest BCUT2D eigenvalue weighted by Gasteiger charge is -2.27. The van der Waals surface area contributed by atoms with E-state index in [1.807, 2.05) is 0 Å².